The zero-order valence-corrected chi connectivity index (χ0v) is 17.4. The van der Waals surface area contributed by atoms with Gasteiger partial charge in [0.1, 0.15) is 5.58 Å². The van der Waals surface area contributed by atoms with Crippen LogP contribution in [0.5, 0.6) is 0 Å². The molecule has 1 heterocycles. The molecular formula is C18H20NO8PS. The maximum absolute atomic E-state index is 12.3. The fourth-order valence-electron chi connectivity index (χ4n) is 2.67. The Hall–Kier alpha value is -2.19. The maximum Gasteiger partial charge on any atom is 0.472 e. The van der Waals surface area contributed by atoms with Crippen LogP contribution in [0.1, 0.15) is 43.2 Å². The van der Waals surface area contributed by atoms with Gasteiger partial charge >= 0.3 is 19.4 Å². The summed E-state index contributed by atoms with van der Waals surface area (Å²) in [6.45, 7) is 3.23. The zero-order valence-electron chi connectivity index (χ0n) is 15.7. The molecule has 2 unspecified atom stereocenters. The van der Waals surface area contributed by atoms with Crippen LogP contribution in [-0.2, 0) is 18.6 Å². The van der Waals surface area contributed by atoms with Crippen LogP contribution in [0.4, 0.5) is 0 Å². The molecule has 0 saturated carbocycles. The summed E-state index contributed by atoms with van der Waals surface area (Å²) < 4.78 is 24.6. The molecule has 1 aromatic carbocycles. The number of carbonyl (C=O) groups excluding carboxylic acids is 1. The summed E-state index contributed by atoms with van der Waals surface area (Å²) in [5, 5.41) is 3.03. The van der Waals surface area contributed by atoms with Crippen molar-refractivity contribution in [2.75, 3.05) is 13.3 Å². The van der Waals surface area contributed by atoms with Gasteiger partial charge in [-0.3, -0.25) is 4.79 Å². The van der Waals surface area contributed by atoms with Crippen molar-refractivity contribution in [3.63, 3.8) is 0 Å². The lowest BCUT2D eigenvalue weighted by molar-refractivity contribution is -0.151. The van der Waals surface area contributed by atoms with E-state index in [4.69, 9.17) is 14.2 Å². The summed E-state index contributed by atoms with van der Waals surface area (Å²) in [6, 6.07) is 7.08. The van der Waals surface area contributed by atoms with Crippen molar-refractivity contribution in [3.8, 4) is 0 Å². The van der Waals surface area contributed by atoms with Crippen LogP contribution in [0.25, 0.3) is 11.0 Å². The average Bonchev–Trinajstić information content (AvgIpc) is 2.63. The quantitative estimate of drug-likeness (QED) is 0.150. The van der Waals surface area contributed by atoms with Crippen molar-refractivity contribution in [1.82, 2.24) is 0 Å². The minimum atomic E-state index is -4.73. The number of benzene rings is 1. The van der Waals surface area contributed by atoms with Gasteiger partial charge in [0.05, 0.1) is 18.1 Å². The number of ether oxygens (including phenoxy) is 1. The third-order valence-corrected chi connectivity index (χ3v) is 4.80. The van der Waals surface area contributed by atoms with Crippen LogP contribution >= 0.6 is 20.0 Å². The van der Waals surface area contributed by atoms with Gasteiger partial charge in [0.15, 0.2) is 0 Å². The number of phosphoric ester groups is 1. The highest BCUT2D eigenvalue weighted by Gasteiger charge is 2.20. The fourth-order valence-corrected chi connectivity index (χ4v) is 2.93. The van der Waals surface area contributed by atoms with Crippen molar-refractivity contribution in [1.29, 1.82) is 0 Å². The van der Waals surface area contributed by atoms with E-state index in [-0.39, 0.29) is 17.9 Å². The standard InChI is InChI=1S/C18H20NO8PS/c1-11(5-17(20)25-10-26-28(22,23)24)15-7-14-6-13(12(2)8-19-9-29)3-4-16(14)27-18(15)21/h3-4,6-7,11-12H,5,8,10H2,1-2H3,(H2,22,23,24). The minimum Gasteiger partial charge on any atom is -0.438 e. The van der Waals surface area contributed by atoms with Gasteiger partial charge < -0.3 is 18.9 Å². The van der Waals surface area contributed by atoms with Crippen molar-refractivity contribution in [3.05, 3.63) is 45.8 Å². The smallest absolute Gasteiger partial charge is 0.438 e. The molecule has 29 heavy (non-hydrogen) atoms. The van der Waals surface area contributed by atoms with E-state index in [1.54, 1.807) is 19.1 Å². The lowest BCUT2D eigenvalue weighted by Crippen LogP contribution is -2.16. The second-order valence-corrected chi connectivity index (χ2v) is 7.90. The van der Waals surface area contributed by atoms with Crippen LogP contribution in [0.3, 0.4) is 0 Å². The topological polar surface area (TPSA) is 136 Å². The molecule has 0 radical (unpaired) electrons. The SMILES string of the molecule is CC(CN=C=S)c1ccc2oc(=O)c(C(C)CC(=O)OCOP(=O)(O)O)cc2c1. The molecule has 0 aliphatic carbocycles. The first-order chi connectivity index (χ1) is 13.6. The molecule has 0 fully saturated rings. The molecule has 2 aromatic rings. The number of aliphatic imine (C=N–C) groups is 1. The Morgan fingerprint density at radius 2 is 2.03 bits per heavy atom. The molecule has 1 aromatic heterocycles. The summed E-state index contributed by atoms with van der Waals surface area (Å²) in [6.07, 6.45) is -0.194. The lowest BCUT2D eigenvalue weighted by Gasteiger charge is -2.13. The normalized spacial score (nSPS) is 13.5. The Bertz CT molecular complexity index is 1040. The summed E-state index contributed by atoms with van der Waals surface area (Å²) in [7, 11) is -4.73. The number of isothiocyanates is 1. The van der Waals surface area contributed by atoms with Crippen LogP contribution in [0.15, 0.2) is 38.5 Å². The summed E-state index contributed by atoms with van der Waals surface area (Å²) in [5.41, 5.74) is 1.10. The van der Waals surface area contributed by atoms with E-state index in [2.05, 4.69) is 31.6 Å². The summed E-state index contributed by atoms with van der Waals surface area (Å²) in [5.74, 6) is -1.23. The molecule has 0 spiro atoms. The molecule has 0 aliphatic heterocycles. The van der Waals surface area contributed by atoms with Gasteiger partial charge in [-0.05, 0) is 41.9 Å². The van der Waals surface area contributed by atoms with Crippen molar-refractivity contribution < 1.29 is 32.8 Å². The van der Waals surface area contributed by atoms with Gasteiger partial charge in [0.2, 0.25) is 6.79 Å². The highest BCUT2D eigenvalue weighted by Crippen LogP contribution is 2.35. The highest BCUT2D eigenvalue weighted by molar-refractivity contribution is 7.78. The molecular weight excluding hydrogens is 421 g/mol. The van der Waals surface area contributed by atoms with Gasteiger partial charge in [0, 0.05) is 16.9 Å². The largest absolute Gasteiger partial charge is 0.472 e. The number of fused-ring (bicyclic) bond motifs is 1. The predicted molar refractivity (Wildman–Crippen MR) is 108 cm³/mol. The Kier molecular flexibility index (Phi) is 7.98. The lowest BCUT2D eigenvalue weighted by atomic mass is 9.96. The first kappa shape index (κ1) is 23.1. The van der Waals surface area contributed by atoms with E-state index < -0.39 is 32.1 Å². The second kappa shape index (κ2) is 10.0. The molecule has 0 bridgehead atoms. The molecule has 0 saturated heterocycles. The monoisotopic (exact) mass is 441 g/mol. The van der Waals surface area contributed by atoms with E-state index >= 15 is 0 Å². The zero-order chi connectivity index (χ0) is 21.6. The van der Waals surface area contributed by atoms with Crippen LogP contribution in [0, 0.1) is 0 Å². The van der Waals surface area contributed by atoms with E-state index in [1.165, 1.54) is 0 Å². The molecule has 2 atom stereocenters. The molecule has 9 nitrogen and oxygen atoms in total. The number of hydrogen-bond acceptors (Lipinski definition) is 8. The molecule has 2 N–H and O–H groups in total. The minimum absolute atomic E-state index is 0.0895. The van der Waals surface area contributed by atoms with E-state index in [0.717, 1.165) is 5.56 Å². The fraction of sp³-hybridized carbons (Fsp3) is 0.389. The third kappa shape index (κ3) is 6.97. The molecule has 0 amide bonds. The van der Waals surface area contributed by atoms with Gasteiger partial charge in [-0.15, -0.1) is 0 Å². The number of carbonyl (C=O) groups is 1. The molecule has 156 valence electrons. The summed E-state index contributed by atoms with van der Waals surface area (Å²) in [4.78, 5) is 45.2. The Morgan fingerprint density at radius 3 is 2.69 bits per heavy atom. The van der Waals surface area contributed by atoms with Crippen molar-refractivity contribution in [2.24, 2.45) is 4.99 Å². The predicted octanol–water partition coefficient (Wildman–Crippen LogP) is 3.10. The van der Waals surface area contributed by atoms with Gasteiger partial charge in [0.25, 0.3) is 0 Å². The van der Waals surface area contributed by atoms with E-state index in [0.29, 0.717) is 17.5 Å². The molecule has 2 rings (SSSR count). The van der Waals surface area contributed by atoms with Gasteiger partial charge in [-0.2, -0.15) is 0 Å². The Balaban J connectivity index is 2.17. The number of phosphoric acid groups is 1. The Labute approximate surface area is 171 Å². The molecule has 0 aliphatic rings. The van der Waals surface area contributed by atoms with Crippen molar-refractivity contribution in [2.45, 2.75) is 32.1 Å². The number of esters is 1. The third-order valence-electron chi connectivity index (χ3n) is 4.23. The number of hydrogen-bond donors (Lipinski definition) is 2. The number of thiocarbonyl (C=S) groups is 1. The van der Waals surface area contributed by atoms with E-state index in [9.17, 15) is 14.2 Å². The van der Waals surface area contributed by atoms with Gasteiger partial charge in [-0.1, -0.05) is 19.9 Å². The summed E-state index contributed by atoms with van der Waals surface area (Å²) >= 11 is 4.59. The van der Waals surface area contributed by atoms with Crippen LogP contribution in [0.2, 0.25) is 0 Å². The molecule has 11 heteroatoms. The average molecular weight is 441 g/mol. The first-order valence-corrected chi connectivity index (χ1v) is 10.5. The number of nitrogens with zero attached hydrogens (tertiary/aromatic N) is 1. The van der Waals surface area contributed by atoms with Crippen molar-refractivity contribution >= 4 is 42.1 Å². The highest BCUT2D eigenvalue weighted by atomic mass is 32.1. The maximum atomic E-state index is 12.3. The van der Waals surface area contributed by atoms with Gasteiger partial charge in [-0.25, -0.2) is 18.9 Å². The first-order valence-electron chi connectivity index (χ1n) is 8.57. The second-order valence-electron chi connectivity index (χ2n) is 6.48. The van der Waals surface area contributed by atoms with E-state index in [1.807, 2.05) is 19.1 Å². The van der Waals surface area contributed by atoms with Crippen LogP contribution < -0.4 is 5.63 Å². The number of rotatable bonds is 9. The van der Waals surface area contributed by atoms with Crippen LogP contribution in [-0.4, -0.2) is 34.3 Å². The Morgan fingerprint density at radius 1 is 1.31 bits per heavy atom.